The number of carboxylic acid groups (broad SMARTS) is 1. The molecule has 1 fully saturated rings. The molecule has 1 rings (SSSR count). The van der Waals surface area contributed by atoms with Crippen molar-refractivity contribution in [2.24, 2.45) is 0 Å². The maximum Gasteiger partial charge on any atom is 0.335 e. The molecule has 0 amide bonds. The van der Waals surface area contributed by atoms with Gasteiger partial charge in [0, 0.05) is 19.3 Å². The number of rotatable bonds is 48. The molecule has 71 heavy (non-hydrogen) atoms. The lowest BCUT2D eigenvalue weighted by Gasteiger charge is -2.40. The van der Waals surface area contributed by atoms with E-state index in [9.17, 15) is 34.5 Å². The second kappa shape index (κ2) is 47.7. The first-order chi connectivity index (χ1) is 34.6. The third-order valence-electron chi connectivity index (χ3n) is 12.9. The van der Waals surface area contributed by atoms with Crippen LogP contribution in [0.1, 0.15) is 252 Å². The van der Waals surface area contributed by atoms with Crippen molar-refractivity contribution in [3.05, 3.63) is 48.6 Å². The summed E-state index contributed by atoms with van der Waals surface area (Å²) in [6.07, 6.45) is 43.8. The van der Waals surface area contributed by atoms with Gasteiger partial charge in [-0.2, -0.15) is 0 Å². The van der Waals surface area contributed by atoms with Gasteiger partial charge in [-0.25, -0.2) is 4.79 Å². The van der Waals surface area contributed by atoms with E-state index in [0.29, 0.717) is 19.3 Å². The van der Waals surface area contributed by atoms with Gasteiger partial charge in [-0.1, -0.05) is 204 Å². The van der Waals surface area contributed by atoms with Crippen LogP contribution in [0.4, 0.5) is 0 Å². The summed E-state index contributed by atoms with van der Waals surface area (Å²) in [4.78, 5) is 50.9. The fourth-order valence-corrected chi connectivity index (χ4v) is 8.49. The number of carbonyl (C=O) groups is 4. The molecule has 0 aromatic carbocycles. The van der Waals surface area contributed by atoms with Crippen molar-refractivity contribution in [2.75, 3.05) is 13.2 Å². The third kappa shape index (κ3) is 38.0. The molecule has 1 aliphatic rings. The van der Waals surface area contributed by atoms with E-state index >= 15 is 0 Å². The molecule has 12 heteroatoms. The topological polar surface area (TPSA) is 175 Å². The van der Waals surface area contributed by atoms with Crippen molar-refractivity contribution in [3.8, 4) is 0 Å². The standard InChI is InChI=1S/C59H102O12/c1-4-7-10-13-16-19-21-23-25-26-28-29-31-34-36-39-42-45-51(60)67-48-50(69-52(61)46-43-40-37-33-18-15-12-9-6-3)49-68-59-57(55(64)54(63)56(71-59)58(65)66)70-53(62)47-44-41-38-35-32-30-27-24-22-20-17-14-11-8-5-2/h8,11,17,20,23-25,27,50,54-57,59,63-64H,4-7,9-10,12-16,18-19,21-22,26,28-49H2,1-3H3,(H,65,66)/b11-8-,20-17-,25-23-,27-24-. The molecule has 12 nitrogen and oxygen atoms in total. The van der Waals surface area contributed by atoms with Crippen LogP contribution in [0.2, 0.25) is 0 Å². The number of esters is 3. The number of hydrogen-bond donors (Lipinski definition) is 3. The van der Waals surface area contributed by atoms with E-state index in [2.05, 4.69) is 69.4 Å². The molecule has 6 unspecified atom stereocenters. The molecule has 1 aliphatic heterocycles. The highest BCUT2D eigenvalue weighted by Gasteiger charge is 2.50. The fourth-order valence-electron chi connectivity index (χ4n) is 8.49. The van der Waals surface area contributed by atoms with Gasteiger partial charge in [-0.15, -0.1) is 0 Å². The molecule has 6 atom stereocenters. The molecule has 3 N–H and O–H groups in total. The summed E-state index contributed by atoms with van der Waals surface area (Å²) in [6, 6.07) is 0. The van der Waals surface area contributed by atoms with E-state index in [-0.39, 0.29) is 25.9 Å². The van der Waals surface area contributed by atoms with E-state index in [1.165, 1.54) is 96.3 Å². The number of hydrogen-bond acceptors (Lipinski definition) is 11. The largest absolute Gasteiger partial charge is 0.479 e. The first kappa shape index (κ1) is 65.7. The molecular formula is C59H102O12. The molecule has 0 bridgehead atoms. The van der Waals surface area contributed by atoms with Gasteiger partial charge in [0.05, 0.1) is 6.61 Å². The minimum absolute atomic E-state index is 0.0420. The van der Waals surface area contributed by atoms with Crippen molar-refractivity contribution in [1.29, 1.82) is 0 Å². The van der Waals surface area contributed by atoms with Gasteiger partial charge in [0.2, 0.25) is 0 Å². The van der Waals surface area contributed by atoms with Gasteiger partial charge in [-0.3, -0.25) is 14.4 Å². The zero-order chi connectivity index (χ0) is 51.8. The molecule has 0 aromatic rings. The fraction of sp³-hybridized carbons (Fsp3) is 0.797. The number of aliphatic hydroxyl groups is 2. The Bertz CT molecular complexity index is 1420. The summed E-state index contributed by atoms with van der Waals surface area (Å²) in [5.41, 5.74) is 0. The molecule has 0 saturated carbocycles. The lowest BCUT2D eigenvalue weighted by molar-refractivity contribution is -0.301. The molecule has 0 aliphatic carbocycles. The van der Waals surface area contributed by atoms with E-state index < -0.39 is 67.3 Å². The second-order valence-corrected chi connectivity index (χ2v) is 19.5. The lowest BCUT2D eigenvalue weighted by Crippen LogP contribution is -2.61. The van der Waals surface area contributed by atoms with Gasteiger partial charge in [0.25, 0.3) is 0 Å². The Balaban J connectivity index is 2.66. The maximum absolute atomic E-state index is 13.1. The Morgan fingerprint density at radius 2 is 0.887 bits per heavy atom. The summed E-state index contributed by atoms with van der Waals surface area (Å²) in [5.74, 6) is -3.14. The van der Waals surface area contributed by atoms with Gasteiger partial charge < -0.3 is 39.0 Å². The Labute approximate surface area is 431 Å². The van der Waals surface area contributed by atoms with Crippen LogP contribution in [0.5, 0.6) is 0 Å². The van der Waals surface area contributed by atoms with Crippen LogP contribution >= 0.6 is 0 Å². The molecule has 0 radical (unpaired) electrons. The highest BCUT2D eigenvalue weighted by atomic mass is 16.7. The minimum Gasteiger partial charge on any atom is -0.479 e. The summed E-state index contributed by atoms with van der Waals surface area (Å²) in [7, 11) is 0. The summed E-state index contributed by atoms with van der Waals surface area (Å²) in [5, 5.41) is 31.4. The summed E-state index contributed by atoms with van der Waals surface area (Å²) in [6.45, 7) is 5.84. The van der Waals surface area contributed by atoms with Crippen LogP contribution in [0.15, 0.2) is 48.6 Å². The highest BCUT2D eigenvalue weighted by molar-refractivity contribution is 5.74. The van der Waals surface area contributed by atoms with Crippen molar-refractivity contribution in [2.45, 2.75) is 289 Å². The smallest absolute Gasteiger partial charge is 0.335 e. The predicted octanol–water partition coefficient (Wildman–Crippen LogP) is 14.2. The number of carbonyl (C=O) groups excluding carboxylic acids is 3. The van der Waals surface area contributed by atoms with Gasteiger partial charge in [-0.05, 0) is 77.0 Å². The van der Waals surface area contributed by atoms with E-state index in [1.54, 1.807) is 0 Å². The molecule has 0 aromatic heterocycles. The minimum atomic E-state index is -1.91. The first-order valence-electron chi connectivity index (χ1n) is 28.6. The molecule has 1 saturated heterocycles. The zero-order valence-corrected chi connectivity index (χ0v) is 45.0. The molecule has 1 heterocycles. The molecule has 0 spiro atoms. The Kier molecular flexibility index (Phi) is 44.1. The SMILES string of the molecule is CC/C=C\C/C=C\C/C=C\CCCCCCCC(=O)OC1C(OCC(COC(=O)CCCCCCCCC/C=C\CCCCCCCC)OC(=O)CCCCCCCCCCC)OC(C(=O)O)C(O)C1O. The van der Waals surface area contributed by atoms with Crippen LogP contribution in [-0.4, -0.2) is 89.2 Å². The summed E-state index contributed by atoms with van der Waals surface area (Å²) < 4.78 is 28.3. The Morgan fingerprint density at radius 1 is 0.479 bits per heavy atom. The first-order valence-corrected chi connectivity index (χ1v) is 28.6. The average Bonchev–Trinajstić information content (AvgIpc) is 3.35. The van der Waals surface area contributed by atoms with Gasteiger partial charge >= 0.3 is 23.9 Å². The molecule has 410 valence electrons. The number of carboxylic acids is 1. The van der Waals surface area contributed by atoms with Gasteiger partial charge in [0.1, 0.15) is 18.8 Å². The number of aliphatic hydroxyl groups excluding tert-OH is 2. The second-order valence-electron chi connectivity index (χ2n) is 19.5. The lowest BCUT2D eigenvalue weighted by atomic mass is 9.98. The van der Waals surface area contributed by atoms with Crippen molar-refractivity contribution in [1.82, 2.24) is 0 Å². The quantitative estimate of drug-likeness (QED) is 0.0228. The average molecular weight is 1000 g/mol. The van der Waals surface area contributed by atoms with Crippen molar-refractivity contribution in [3.63, 3.8) is 0 Å². The number of ether oxygens (including phenoxy) is 5. The van der Waals surface area contributed by atoms with Crippen LogP contribution in [0, 0.1) is 0 Å². The molecular weight excluding hydrogens is 901 g/mol. The normalized spacial score (nSPS) is 18.8. The van der Waals surface area contributed by atoms with Crippen molar-refractivity contribution < 1.29 is 58.2 Å². The van der Waals surface area contributed by atoms with Crippen LogP contribution in [0.25, 0.3) is 0 Å². The van der Waals surface area contributed by atoms with Crippen LogP contribution < -0.4 is 0 Å². The van der Waals surface area contributed by atoms with Gasteiger partial charge in [0.15, 0.2) is 24.6 Å². The monoisotopic (exact) mass is 1000 g/mol. The Hall–Kier alpha value is -3.32. The van der Waals surface area contributed by atoms with E-state index in [4.69, 9.17) is 23.7 Å². The van der Waals surface area contributed by atoms with E-state index in [1.807, 2.05) is 0 Å². The van der Waals surface area contributed by atoms with Crippen molar-refractivity contribution >= 4 is 23.9 Å². The highest BCUT2D eigenvalue weighted by Crippen LogP contribution is 2.26. The maximum atomic E-state index is 13.1. The summed E-state index contributed by atoms with van der Waals surface area (Å²) >= 11 is 0. The van der Waals surface area contributed by atoms with Crippen LogP contribution in [-0.2, 0) is 42.9 Å². The number of unbranched alkanes of at least 4 members (excludes halogenated alkanes) is 26. The third-order valence-corrected chi connectivity index (χ3v) is 12.9. The zero-order valence-electron chi connectivity index (χ0n) is 45.0. The van der Waals surface area contributed by atoms with Crippen LogP contribution in [0.3, 0.4) is 0 Å². The Morgan fingerprint density at radius 3 is 1.37 bits per heavy atom. The predicted molar refractivity (Wildman–Crippen MR) is 285 cm³/mol. The van der Waals surface area contributed by atoms with E-state index in [0.717, 1.165) is 96.3 Å². The number of allylic oxidation sites excluding steroid dienone is 8. The number of aliphatic carboxylic acids is 1.